The smallest absolute Gasteiger partial charge is 0.227 e. The molecule has 4 nitrogen and oxygen atoms in total. The zero-order valence-electron chi connectivity index (χ0n) is 10.4. The number of nitrogens with zero attached hydrogens (tertiary/aromatic N) is 1. The molecule has 0 aliphatic carbocycles. The summed E-state index contributed by atoms with van der Waals surface area (Å²) in [7, 11) is 0. The third-order valence-corrected chi connectivity index (χ3v) is 3.38. The van der Waals surface area contributed by atoms with Gasteiger partial charge in [0.05, 0.1) is 5.69 Å². The van der Waals surface area contributed by atoms with Crippen LogP contribution in [0.25, 0.3) is 10.8 Å². The molecular formula is C15H11BrN2O2. The largest absolute Gasteiger partial charge is 0.508 e. The van der Waals surface area contributed by atoms with Crippen molar-refractivity contribution < 1.29 is 9.84 Å². The van der Waals surface area contributed by atoms with Gasteiger partial charge in [-0.3, -0.25) is 0 Å². The van der Waals surface area contributed by atoms with E-state index >= 15 is 0 Å². The van der Waals surface area contributed by atoms with Gasteiger partial charge in [0.15, 0.2) is 5.75 Å². The number of aromatic nitrogens is 1. The lowest BCUT2D eigenvalue weighted by atomic mass is 10.1. The third-order valence-electron chi connectivity index (χ3n) is 2.89. The number of fused-ring (bicyclic) bond motifs is 1. The number of nitrogens with two attached hydrogens (primary N) is 1. The molecule has 0 amide bonds. The minimum Gasteiger partial charge on any atom is -0.508 e. The van der Waals surface area contributed by atoms with Crippen molar-refractivity contribution in [2.75, 3.05) is 5.73 Å². The van der Waals surface area contributed by atoms with Crippen molar-refractivity contribution in [1.82, 2.24) is 4.98 Å². The second-order valence-corrected chi connectivity index (χ2v) is 5.22. The van der Waals surface area contributed by atoms with Crippen LogP contribution in [0.3, 0.4) is 0 Å². The summed E-state index contributed by atoms with van der Waals surface area (Å²) in [6, 6.07) is 12.3. The number of phenols is 1. The van der Waals surface area contributed by atoms with Gasteiger partial charge in [0.2, 0.25) is 5.88 Å². The summed E-state index contributed by atoms with van der Waals surface area (Å²) in [5, 5.41) is 11.3. The average Bonchev–Trinajstić information content (AvgIpc) is 2.42. The molecule has 0 unspecified atom stereocenters. The number of hydrogen-bond donors (Lipinski definition) is 2. The van der Waals surface area contributed by atoms with Gasteiger partial charge in [0.25, 0.3) is 0 Å². The van der Waals surface area contributed by atoms with Crippen LogP contribution in [-0.4, -0.2) is 10.1 Å². The molecule has 0 saturated carbocycles. The van der Waals surface area contributed by atoms with Crippen LogP contribution in [0.4, 0.5) is 5.69 Å². The van der Waals surface area contributed by atoms with Gasteiger partial charge in [-0.15, -0.1) is 0 Å². The highest BCUT2D eigenvalue weighted by Crippen LogP contribution is 2.33. The lowest BCUT2D eigenvalue weighted by molar-refractivity contribution is 0.467. The summed E-state index contributed by atoms with van der Waals surface area (Å²) in [5.41, 5.74) is 6.42. The van der Waals surface area contributed by atoms with Crippen molar-refractivity contribution in [3.63, 3.8) is 0 Å². The molecule has 3 N–H and O–H groups in total. The van der Waals surface area contributed by atoms with Gasteiger partial charge < -0.3 is 15.6 Å². The summed E-state index contributed by atoms with van der Waals surface area (Å²) in [6.07, 6.45) is 1.66. The number of nitrogen functional groups attached to an aromatic ring is 1. The summed E-state index contributed by atoms with van der Waals surface area (Å²) >= 11 is 3.35. The molecule has 0 fully saturated rings. The second kappa shape index (κ2) is 5.02. The van der Waals surface area contributed by atoms with E-state index in [2.05, 4.69) is 20.9 Å². The maximum Gasteiger partial charge on any atom is 0.227 e. The lowest BCUT2D eigenvalue weighted by Gasteiger charge is -2.10. The van der Waals surface area contributed by atoms with Crippen LogP contribution >= 0.6 is 15.9 Å². The molecule has 0 radical (unpaired) electrons. The highest BCUT2D eigenvalue weighted by atomic mass is 79.9. The van der Waals surface area contributed by atoms with Crippen molar-refractivity contribution in [3.8, 4) is 17.4 Å². The standard InChI is InChI=1S/C15H11BrN2O2/c16-10-2-4-14(13(17)7-10)20-15-12-8-11(19)3-1-9(12)5-6-18-15/h1-8,19H,17H2. The fourth-order valence-electron chi connectivity index (χ4n) is 1.93. The highest BCUT2D eigenvalue weighted by Gasteiger charge is 2.08. The number of hydrogen-bond acceptors (Lipinski definition) is 4. The molecule has 3 aromatic rings. The predicted molar refractivity (Wildman–Crippen MR) is 82.0 cm³/mol. The Morgan fingerprint density at radius 3 is 2.75 bits per heavy atom. The molecule has 0 spiro atoms. The summed E-state index contributed by atoms with van der Waals surface area (Å²) in [5.74, 6) is 1.10. The van der Waals surface area contributed by atoms with Crippen molar-refractivity contribution >= 4 is 32.4 Å². The normalized spacial score (nSPS) is 10.7. The van der Waals surface area contributed by atoms with E-state index in [0.717, 1.165) is 15.2 Å². The van der Waals surface area contributed by atoms with Crippen LogP contribution in [0.2, 0.25) is 0 Å². The molecule has 3 rings (SSSR count). The Bertz CT molecular complexity index is 790. The Morgan fingerprint density at radius 1 is 1.10 bits per heavy atom. The van der Waals surface area contributed by atoms with E-state index in [1.807, 2.05) is 18.2 Å². The van der Waals surface area contributed by atoms with Crippen molar-refractivity contribution in [2.45, 2.75) is 0 Å². The van der Waals surface area contributed by atoms with Gasteiger partial charge >= 0.3 is 0 Å². The van der Waals surface area contributed by atoms with E-state index in [0.29, 0.717) is 17.3 Å². The lowest BCUT2D eigenvalue weighted by Crippen LogP contribution is -1.94. The van der Waals surface area contributed by atoms with Gasteiger partial charge in [-0.05, 0) is 41.8 Å². The molecular weight excluding hydrogens is 320 g/mol. The van der Waals surface area contributed by atoms with E-state index in [-0.39, 0.29) is 5.75 Å². The Morgan fingerprint density at radius 2 is 1.95 bits per heavy atom. The first-order chi connectivity index (χ1) is 9.63. The molecule has 1 aromatic heterocycles. The number of rotatable bonds is 2. The number of phenolic OH excluding ortho intramolecular Hbond substituents is 1. The molecule has 0 aliphatic rings. The van der Waals surface area contributed by atoms with Crippen molar-refractivity contribution in [2.24, 2.45) is 0 Å². The van der Waals surface area contributed by atoms with Crippen LogP contribution in [0.5, 0.6) is 17.4 Å². The molecule has 5 heteroatoms. The zero-order chi connectivity index (χ0) is 14.1. The molecule has 0 atom stereocenters. The van der Waals surface area contributed by atoms with Crippen molar-refractivity contribution in [3.05, 3.63) is 53.1 Å². The summed E-state index contributed by atoms with van der Waals surface area (Å²) in [6.45, 7) is 0. The third kappa shape index (κ3) is 2.40. The molecule has 0 aliphatic heterocycles. The van der Waals surface area contributed by atoms with Crippen LogP contribution < -0.4 is 10.5 Å². The van der Waals surface area contributed by atoms with Gasteiger partial charge in [-0.25, -0.2) is 4.98 Å². The average molecular weight is 331 g/mol. The zero-order valence-corrected chi connectivity index (χ0v) is 12.0. The van der Waals surface area contributed by atoms with E-state index in [1.54, 1.807) is 30.5 Å². The molecule has 1 heterocycles. The van der Waals surface area contributed by atoms with E-state index in [1.165, 1.54) is 0 Å². The van der Waals surface area contributed by atoms with Crippen LogP contribution in [0, 0.1) is 0 Å². The van der Waals surface area contributed by atoms with E-state index in [4.69, 9.17) is 10.5 Å². The summed E-state index contributed by atoms with van der Waals surface area (Å²) < 4.78 is 6.64. The fourth-order valence-corrected chi connectivity index (χ4v) is 2.31. The highest BCUT2D eigenvalue weighted by molar-refractivity contribution is 9.10. The first-order valence-electron chi connectivity index (χ1n) is 5.94. The Labute approximate surface area is 124 Å². The van der Waals surface area contributed by atoms with Gasteiger partial charge in [-0.1, -0.05) is 22.0 Å². The minimum absolute atomic E-state index is 0.166. The fraction of sp³-hybridized carbons (Fsp3) is 0. The van der Waals surface area contributed by atoms with Crippen LogP contribution in [0.1, 0.15) is 0 Å². The Hall–Kier alpha value is -2.27. The first kappa shape index (κ1) is 12.7. The topological polar surface area (TPSA) is 68.4 Å². The van der Waals surface area contributed by atoms with E-state index < -0.39 is 0 Å². The number of anilines is 1. The Kier molecular flexibility index (Phi) is 3.20. The quantitative estimate of drug-likeness (QED) is 0.695. The van der Waals surface area contributed by atoms with Crippen LogP contribution in [-0.2, 0) is 0 Å². The van der Waals surface area contributed by atoms with E-state index in [9.17, 15) is 5.11 Å². The van der Waals surface area contributed by atoms with Crippen LogP contribution in [0.15, 0.2) is 53.1 Å². The number of ether oxygens (including phenoxy) is 1. The number of aromatic hydroxyl groups is 1. The maximum atomic E-state index is 9.60. The second-order valence-electron chi connectivity index (χ2n) is 4.31. The molecule has 20 heavy (non-hydrogen) atoms. The van der Waals surface area contributed by atoms with Crippen molar-refractivity contribution in [1.29, 1.82) is 0 Å². The van der Waals surface area contributed by atoms with Gasteiger partial charge in [0.1, 0.15) is 5.75 Å². The van der Waals surface area contributed by atoms with Gasteiger partial charge in [-0.2, -0.15) is 0 Å². The molecule has 0 bridgehead atoms. The predicted octanol–water partition coefficient (Wildman–Crippen LogP) is 4.08. The number of pyridine rings is 1. The van der Waals surface area contributed by atoms with Gasteiger partial charge in [0, 0.05) is 16.1 Å². The summed E-state index contributed by atoms with van der Waals surface area (Å²) in [4.78, 5) is 4.21. The monoisotopic (exact) mass is 330 g/mol. The first-order valence-corrected chi connectivity index (χ1v) is 6.73. The molecule has 0 saturated heterocycles. The molecule has 100 valence electrons. The SMILES string of the molecule is Nc1cc(Br)ccc1Oc1nccc2ccc(O)cc12. The minimum atomic E-state index is 0.166. The Balaban J connectivity index is 2.08. The maximum absolute atomic E-state index is 9.60. The number of halogens is 1. The number of benzene rings is 2. The molecule has 2 aromatic carbocycles.